The fourth-order valence-corrected chi connectivity index (χ4v) is 2.95. The number of aryl methyl sites for hydroxylation is 3. The van der Waals surface area contributed by atoms with Crippen molar-refractivity contribution in [2.24, 2.45) is 0 Å². The summed E-state index contributed by atoms with van der Waals surface area (Å²) in [6, 6.07) is 15.5. The van der Waals surface area contributed by atoms with Crippen LogP contribution in [0.3, 0.4) is 0 Å². The second-order valence-corrected chi connectivity index (χ2v) is 6.45. The highest BCUT2D eigenvalue weighted by molar-refractivity contribution is 5.65. The average Bonchev–Trinajstić information content (AvgIpc) is 2.67. The molecular weight excluding hydrogens is 349 g/mol. The zero-order valence-corrected chi connectivity index (χ0v) is 15.4. The maximum Gasteiger partial charge on any atom is 0.201 e. The normalized spacial score (nSPS) is 10.9. The molecule has 1 nitrogen and oxygen atoms in total. The number of hydrogen-bond donors (Lipinski definition) is 0. The van der Waals surface area contributed by atoms with Crippen molar-refractivity contribution in [1.29, 1.82) is 0 Å². The molecule has 3 aromatic carbocycles. The zero-order valence-electron chi connectivity index (χ0n) is 15.4. The van der Waals surface area contributed by atoms with Crippen LogP contribution in [-0.2, 0) is 12.8 Å². The lowest BCUT2D eigenvalue weighted by Gasteiger charge is -2.10. The lowest BCUT2D eigenvalue weighted by atomic mass is 9.99. The predicted molar refractivity (Wildman–Crippen MR) is 102 cm³/mol. The summed E-state index contributed by atoms with van der Waals surface area (Å²) in [7, 11) is 0. The minimum atomic E-state index is -0.972. The molecule has 0 heterocycles. The van der Waals surface area contributed by atoms with Crippen LogP contribution in [0.5, 0.6) is 5.75 Å². The molecule has 0 saturated heterocycles. The maximum absolute atomic E-state index is 14.3. The van der Waals surface area contributed by atoms with Gasteiger partial charge in [0.15, 0.2) is 11.6 Å². The summed E-state index contributed by atoms with van der Waals surface area (Å²) in [6.45, 7) is 3.73. The van der Waals surface area contributed by atoms with Crippen molar-refractivity contribution < 1.29 is 17.9 Å². The van der Waals surface area contributed by atoms with Crippen molar-refractivity contribution in [1.82, 2.24) is 0 Å². The topological polar surface area (TPSA) is 9.23 Å². The first-order valence-corrected chi connectivity index (χ1v) is 8.94. The minimum absolute atomic E-state index is 0.0827. The SMILES string of the molecule is CCOc1ccc(-c2ccc(CCc3ccc(C)c(F)c3)cc2)c(F)c1F. The van der Waals surface area contributed by atoms with Gasteiger partial charge in [-0.2, -0.15) is 4.39 Å². The Balaban J connectivity index is 1.73. The van der Waals surface area contributed by atoms with Gasteiger partial charge in [0.25, 0.3) is 0 Å². The molecule has 140 valence electrons. The summed E-state index contributed by atoms with van der Waals surface area (Å²) < 4.78 is 47.1. The van der Waals surface area contributed by atoms with Gasteiger partial charge < -0.3 is 4.74 Å². The van der Waals surface area contributed by atoms with Crippen molar-refractivity contribution >= 4 is 0 Å². The molecule has 0 atom stereocenters. The van der Waals surface area contributed by atoms with Crippen molar-refractivity contribution in [3.63, 3.8) is 0 Å². The first-order chi connectivity index (χ1) is 13.0. The van der Waals surface area contributed by atoms with Gasteiger partial charge in [0.1, 0.15) is 5.82 Å². The van der Waals surface area contributed by atoms with Crippen LogP contribution < -0.4 is 4.74 Å². The van der Waals surface area contributed by atoms with E-state index >= 15 is 0 Å². The Hall–Kier alpha value is -2.75. The van der Waals surface area contributed by atoms with E-state index < -0.39 is 11.6 Å². The summed E-state index contributed by atoms with van der Waals surface area (Å²) in [4.78, 5) is 0. The van der Waals surface area contributed by atoms with Crippen LogP contribution in [0.25, 0.3) is 11.1 Å². The third-order valence-electron chi connectivity index (χ3n) is 4.55. The molecule has 0 fully saturated rings. The maximum atomic E-state index is 14.3. The quantitative estimate of drug-likeness (QED) is 0.497. The van der Waals surface area contributed by atoms with Crippen LogP contribution in [0, 0.1) is 24.4 Å². The molecule has 0 unspecified atom stereocenters. The standard InChI is InChI=1S/C23H21F3O/c1-3-27-21-13-12-19(22(25)23(21)26)18-10-8-16(9-11-18)6-7-17-5-4-15(2)20(24)14-17/h4-5,8-14H,3,6-7H2,1-2H3. The molecule has 0 spiro atoms. The summed E-state index contributed by atoms with van der Waals surface area (Å²) in [5.74, 6) is -2.17. The molecule has 27 heavy (non-hydrogen) atoms. The van der Waals surface area contributed by atoms with Gasteiger partial charge in [-0.05, 0) is 67.1 Å². The second kappa shape index (κ2) is 8.30. The minimum Gasteiger partial charge on any atom is -0.491 e. The van der Waals surface area contributed by atoms with Gasteiger partial charge in [-0.25, -0.2) is 8.78 Å². The highest BCUT2D eigenvalue weighted by atomic mass is 19.2. The summed E-state index contributed by atoms with van der Waals surface area (Å²) >= 11 is 0. The fraction of sp³-hybridized carbons (Fsp3) is 0.217. The first kappa shape index (κ1) is 19.0. The molecule has 0 radical (unpaired) electrons. The van der Waals surface area contributed by atoms with Gasteiger partial charge in [-0.1, -0.05) is 36.4 Å². The van der Waals surface area contributed by atoms with E-state index in [-0.39, 0.29) is 23.7 Å². The predicted octanol–water partition coefficient (Wildman–Crippen LogP) is 6.26. The van der Waals surface area contributed by atoms with Crippen molar-refractivity contribution in [3.8, 4) is 16.9 Å². The summed E-state index contributed by atoms with van der Waals surface area (Å²) in [6.07, 6.45) is 1.45. The van der Waals surface area contributed by atoms with Crippen LogP contribution in [0.15, 0.2) is 54.6 Å². The van der Waals surface area contributed by atoms with E-state index in [9.17, 15) is 13.2 Å². The smallest absolute Gasteiger partial charge is 0.201 e. The highest BCUT2D eigenvalue weighted by Gasteiger charge is 2.15. The molecule has 0 aliphatic rings. The number of halogens is 3. The molecule has 0 aliphatic heterocycles. The number of ether oxygens (including phenoxy) is 1. The van der Waals surface area contributed by atoms with Crippen LogP contribution in [0.2, 0.25) is 0 Å². The lowest BCUT2D eigenvalue weighted by Crippen LogP contribution is -1.98. The molecule has 0 N–H and O–H groups in total. The molecule has 0 aliphatic carbocycles. The second-order valence-electron chi connectivity index (χ2n) is 6.45. The third kappa shape index (κ3) is 4.33. The molecular formula is C23H21F3O. The monoisotopic (exact) mass is 370 g/mol. The van der Waals surface area contributed by atoms with Crippen molar-refractivity contribution in [3.05, 3.63) is 88.7 Å². The van der Waals surface area contributed by atoms with Crippen molar-refractivity contribution in [2.45, 2.75) is 26.7 Å². The van der Waals surface area contributed by atoms with Gasteiger partial charge in [0.05, 0.1) is 6.61 Å². The Labute approximate surface area is 157 Å². The zero-order chi connectivity index (χ0) is 19.4. The molecule has 4 heteroatoms. The Morgan fingerprint density at radius 3 is 2.11 bits per heavy atom. The van der Waals surface area contributed by atoms with Crippen LogP contribution in [0.4, 0.5) is 13.2 Å². The molecule has 3 rings (SSSR count). The molecule has 0 aromatic heterocycles. The van der Waals surface area contributed by atoms with E-state index in [4.69, 9.17) is 4.74 Å². The average molecular weight is 370 g/mol. The van der Waals surface area contributed by atoms with Gasteiger partial charge in [0.2, 0.25) is 5.82 Å². The Morgan fingerprint density at radius 1 is 0.778 bits per heavy atom. The summed E-state index contributed by atoms with van der Waals surface area (Å²) in [5, 5.41) is 0. The van der Waals surface area contributed by atoms with Gasteiger partial charge >= 0.3 is 0 Å². The van der Waals surface area contributed by atoms with E-state index in [1.54, 1.807) is 38.1 Å². The third-order valence-corrected chi connectivity index (χ3v) is 4.55. The first-order valence-electron chi connectivity index (χ1n) is 8.94. The van der Waals surface area contributed by atoms with E-state index in [1.165, 1.54) is 12.1 Å². The van der Waals surface area contributed by atoms with E-state index in [2.05, 4.69) is 0 Å². The fourth-order valence-electron chi connectivity index (χ4n) is 2.95. The van der Waals surface area contributed by atoms with E-state index in [1.807, 2.05) is 18.2 Å². The molecule has 0 amide bonds. The molecule has 3 aromatic rings. The lowest BCUT2D eigenvalue weighted by molar-refractivity contribution is 0.314. The number of hydrogen-bond acceptors (Lipinski definition) is 1. The van der Waals surface area contributed by atoms with Gasteiger partial charge in [-0.3, -0.25) is 0 Å². The largest absolute Gasteiger partial charge is 0.491 e. The molecule has 0 bridgehead atoms. The Morgan fingerprint density at radius 2 is 1.44 bits per heavy atom. The van der Waals surface area contributed by atoms with E-state index in [0.29, 0.717) is 17.5 Å². The van der Waals surface area contributed by atoms with Crippen LogP contribution in [-0.4, -0.2) is 6.61 Å². The van der Waals surface area contributed by atoms with Crippen molar-refractivity contribution in [2.75, 3.05) is 6.61 Å². The highest BCUT2D eigenvalue weighted by Crippen LogP contribution is 2.30. The van der Waals surface area contributed by atoms with Crippen LogP contribution in [0.1, 0.15) is 23.6 Å². The summed E-state index contributed by atoms with van der Waals surface area (Å²) in [5.41, 5.74) is 3.41. The molecule has 0 saturated carbocycles. The van der Waals surface area contributed by atoms with Gasteiger partial charge in [0, 0.05) is 5.56 Å². The number of rotatable bonds is 6. The van der Waals surface area contributed by atoms with E-state index in [0.717, 1.165) is 17.5 Å². The van der Waals surface area contributed by atoms with Crippen LogP contribution >= 0.6 is 0 Å². The Kier molecular flexibility index (Phi) is 5.84. The Bertz CT molecular complexity index is 933. The number of benzene rings is 3. The van der Waals surface area contributed by atoms with Gasteiger partial charge in [-0.15, -0.1) is 0 Å².